The van der Waals surface area contributed by atoms with Crippen LogP contribution >= 0.6 is 0 Å². The molecule has 1 fully saturated rings. The summed E-state index contributed by atoms with van der Waals surface area (Å²) in [4.78, 5) is 14.6. The number of benzene rings is 1. The smallest absolute Gasteiger partial charge is 0.240 e. The summed E-state index contributed by atoms with van der Waals surface area (Å²) in [5.74, 6) is 1.21. The second-order valence-corrected chi connectivity index (χ2v) is 6.35. The van der Waals surface area contributed by atoms with E-state index in [1.54, 1.807) is 0 Å². The largest absolute Gasteiger partial charge is 0.338 e. The van der Waals surface area contributed by atoms with Crippen molar-refractivity contribution in [1.82, 2.24) is 4.90 Å². The minimum atomic E-state index is -0.433. The normalized spacial score (nSPS) is 28.2. The van der Waals surface area contributed by atoms with Crippen molar-refractivity contribution in [3.05, 3.63) is 35.9 Å². The van der Waals surface area contributed by atoms with Crippen molar-refractivity contribution in [3.63, 3.8) is 0 Å². The highest BCUT2D eigenvalue weighted by Crippen LogP contribution is 2.27. The second kappa shape index (κ2) is 6.40. The van der Waals surface area contributed by atoms with E-state index in [2.05, 4.69) is 20.8 Å². The number of piperidine rings is 1. The molecule has 0 spiro atoms. The molecule has 2 rings (SSSR count). The Balaban J connectivity index is 2.02. The van der Waals surface area contributed by atoms with E-state index in [1.807, 2.05) is 35.2 Å². The average Bonchev–Trinajstić information content (AvgIpc) is 2.43. The summed E-state index contributed by atoms with van der Waals surface area (Å²) in [6, 6.07) is 9.86. The SMILES string of the molecule is CC1CC(C)C(C)N(C(=O)C(N)Cc2ccccc2)C1. The molecule has 3 nitrogen and oxygen atoms in total. The minimum Gasteiger partial charge on any atom is -0.338 e. The predicted molar refractivity (Wildman–Crippen MR) is 82.2 cm³/mol. The molecule has 1 aliphatic heterocycles. The van der Waals surface area contributed by atoms with E-state index in [4.69, 9.17) is 5.73 Å². The summed E-state index contributed by atoms with van der Waals surface area (Å²) in [6.07, 6.45) is 1.81. The topological polar surface area (TPSA) is 46.3 Å². The van der Waals surface area contributed by atoms with Crippen molar-refractivity contribution < 1.29 is 4.79 Å². The Morgan fingerprint density at radius 2 is 1.95 bits per heavy atom. The lowest BCUT2D eigenvalue weighted by Crippen LogP contribution is -2.54. The highest BCUT2D eigenvalue weighted by Gasteiger charge is 2.33. The summed E-state index contributed by atoms with van der Waals surface area (Å²) >= 11 is 0. The third-order valence-electron chi connectivity index (χ3n) is 4.50. The van der Waals surface area contributed by atoms with Gasteiger partial charge in [0.2, 0.25) is 5.91 Å². The van der Waals surface area contributed by atoms with Crippen LogP contribution in [-0.4, -0.2) is 29.4 Å². The first-order chi connectivity index (χ1) is 9.49. The van der Waals surface area contributed by atoms with Crippen LogP contribution in [0.3, 0.4) is 0 Å². The number of hydrogen-bond donors (Lipinski definition) is 1. The van der Waals surface area contributed by atoms with Gasteiger partial charge in [-0.3, -0.25) is 4.79 Å². The van der Waals surface area contributed by atoms with Crippen molar-refractivity contribution in [2.75, 3.05) is 6.54 Å². The van der Waals surface area contributed by atoms with Crippen LogP contribution in [0.4, 0.5) is 0 Å². The van der Waals surface area contributed by atoms with Crippen LogP contribution in [0.25, 0.3) is 0 Å². The van der Waals surface area contributed by atoms with E-state index in [0.29, 0.717) is 24.3 Å². The van der Waals surface area contributed by atoms with Crippen LogP contribution in [0, 0.1) is 11.8 Å². The average molecular weight is 274 g/mol. The Labute approximate surface area is 122 Å². The molecule has 1 saturated heterocycles. The number of carbonyl (C=O) groups excluding carboxylic acids is 1. The quantitative estimate of drug-likeness (QED) is 0.920. The Hall–Kier alpha value is -1.35. The number of nitrogens with zero attached hydrogens (tertiary/aromatic N) is 1. The Bertz CT molecular complexity index is 446. The van der Waals surface area contributed by atoms with Gasteiger partial charge in [0.15, 0.2) is 0 Å². The maximum atomic E-state index is 12.6. The Kier molecular flexibility index (Phi) is 4.81. The van der Waals surface area contributed by atoms with Crippen molar-refractivity contribution in [1.29, 1.82) is 0 Å². The zero-order valence-corrected chi connectivity index (χ0v) is 12.8. The molecule has 1 aromatic carbocycles. The van der Waals surface area contributed by atoms with E-state index in [0.717, 1.165) is 12.1 Å². The van der Waals surface area contributed by atoms with E-state index >= 15 is 0 Å². The molecule has 110 valence electrons. The third-order valence-corrected chi connectivity index (χ3v) is 4.50. The van der Waals surface area contributed by atoms with Gasteiger partial charge in [0, 0.05) is 12.6 Å². The van der Waals surface area contributed by atoms with Gasteiger partial charge in [0.05, 0.1) is 6.04 Å². The van der Waals surface area contributed by atoms with Gasteiger partial charge in [-0.1, -0.05) is 44.2 Å². The standard InChI is InChI=1S/C17H26N2O/c1-12-9-13(2)14(3)19(11-12)17(20)16(18)10-15-7-5-4-6-8-15/h4-8,12-14,16H,9-11,18H2,1-3H3. The van der Waals surface area contributed by atoms with Crippen LogP contribution < -0.4 is 5.73 Å². The summed E-state index contributed by atoms with van der Waals surface area (Å²) in [5, 5.41) is 0. The van der Waals surface area contributed by atoms with Crippen molar-refractivity contribution >= 4 is 5.91 Å². The number of amides is 1. The molecule has 1 aliphatic rings. The van der Waals surface area contributed by atoms with Gasteiger partial charge in [0.1, 0.15) is 0 Å². The fraction of sp³-hybridized carbons (Fsp3) is 0.588. The van der Waals surface area contributed by atoms with Crippen LogP contribution in [0.2, 0.25) is 0 Å². The molecule has 3 heteroatoms. The molecular formula is C17H26N2O. The van der Waals surface area contributed by atoms with Gasteiger partial charge in [-0.25, -0.2) is 0 Å². The molecule has 1 amide bonds. The third kappa shape index (κ3) is 3.40. The Morgan fingerprint density at radius 1 is 1.30 bits per heavy atom. The molecule has 0 bridgehead atoms. The van der Waals surface area contributed by atoms with Gasteiger partial charge < -0.3 is 10.6 Å². The summed E-state index contributed by atoms with van der Waals surface area (Å²) in [6.45, 7) is 7.42. The first-order valence-corrected chi connectivity index (χ1v) is 7.59. The van der Waals surface area contributed by atoms with E-state index in [9.17, 15) is 4.79 Å². The molecule has 0 radical (unpaired) electrons. The molecule has 4 unspecified atom stereocenters. The molecule has 4 atom stereocenters. The van der Waals surface area contributed by atoms with Gasteiger partial charge in [-0.15, -0.1) is 0 Å². The van der Waals surface area contributed by atoms with Crippen molar-refractivity contribution in [2.45, 2.75) is 45.7 Å². The van der Waals surface area contributed by atoms with E-state index in [1.165, 1.54) is 6.42 Å². The molecule has 1 heterocycles. The maximum absolute atomic E-state index is 12.6. The van der Waals surface area contributed by atoms with Crippen LogP contribution in [0.15, 0.2) is 30.3 Å². The van der Waals surface area contributed by atoms with E-state index in [-0.39, 0.29) is 5.91 Å². The molecule has 0 aromatic heterocycles. The zero-order valence-electron chi connectivity index (χ0n) is 12.8. The lowest BCUT2D eigenvalue weighted by atomic mass is 9.85. The zero-order chi connectivity index (χ0) is 14.7. The first kappa shape index (κ1) is 15.0. The maximum Gasteiger partial charge on any atom is 0.240 e. The lowest BCUT2D eigenvalue weighted by molar-refractivity contribution is -0.138. The van der Waals surface area contributed by atoms with Crippen LogP contribution in [0.1, 0.15) is 32.8 Å². The number of likely N-dealkylation sites (tertiary alicyclic amines) is 1. The number of nitrogens with two attached hydrogens (primary N) is 1. The fourth-order valence-corrected chi connectivity index (χ4v) is 3.17. The molecule has 0 aliphatic carbocycles. The van der Waals surface area contributed by atoms with Crippen molar-refractivity contribution in [3.8, 4) is 0 Å². The molecule has 2 N–H and O–H groups in total. The highest BCUT2D eigenvalue weighted by molar-refractivity contribution is 5.82. The van der Waals surface area contributed by atoms with E-state index < -0.39 is 6.04 Å². The van der Waals surface area contributed by atoms with Gasteiger partial charge in [0.25, 0.3) is 0 Å². The van der Waals surface area contributed by atoms with Gasteiger partial charge in [-0.2, -0.15) is 0 Å². The molecule has 20 heavy (non-hydrogen) atoms. The summed E-state index contributed by atoms with van der Waals surface area (Å²) in [7, 11) is 0. The fourth-order valence-electron chi connectivity index (χ4n) is 3.17. The van der Waals surface area contributed by atoms with Crippen LogP contribution in [0.5, 0.6) is 0 Å². The molecule has 1 aromatic rings. The van der Waals surface area contributed by atoms with Gasteiger partial charge >= 0.3 is 0 Å². The Morgan fingerprint density at radius 3 is 2.60 bits per heavy atom. The summed E-state index contributed by atoms with van der Waals surface area (Å²) < 4.78 is 0. The number of carbonyl (C=O) groups is 1. The van der Waals surface area contributed by atoms with Crippen LogP contribution in [-0.2, 0) is 11.2 Å². The molecule has 0 saturated carbocycles. The summed E-state index contributed by atoms with van der Waals surface area (Å²) in [5.41, 5.74) is 7.27. The first-order valence-electron chi connectivity index (χ1n) is 7.59. The number of rotatable bonds is 3. The monoisotopic (exact) mass is 274 g/mol. The van der Waals surface area contributed by atoms with Gasteiger partial charge in [-0.05, 0) is 37.2 Å². The van der Waals surface area contributed by atoms with Crippen molar-refractivity contribution in [2.24, 2.45) is 17.6 Å². The lowest BCUT2D eigenvalue weighted by Gasteiger charge is -2.42. The highest BCUT2D eigenvalue weighted by atomic mass is 16.2. The molecular weight excluding hydrogens is 248 g/mol. The number of hydrogen-bond acceptors (Lipinski definition) is 2. The predicted octanol–water partition coefficient (Wildman–Crippen LogP) is 2.45. The minimum absolute atomic E-state index is 0.0970. The second-order valence-electron chi connectivity index (χ2n) is 6.35.